The Morgan fingerprint density at radius 3 is 2.10 bits per heavy atom. The lowest BCUT2D eigenvalue weighted by molar-refractivity contribution is 0.0123. The van der Waals surface area contributed by atoms with Crippen LogP contribution in [0.4, 0.5) is 8.78 Å². The van der Waals surface area contributed by atoms with Crippen LogP contribution < -0.4 is 5.32 Å². The van der Waals surface area contributed by atoms with Crippen LogP contribution in [0, 0.1) is 17.0 Å². The molecule has 2 aliphatic carbocycles. The van der Waals surface area contributed by atoms with E-state index in [1.807, 2.05) is 0 Å². The fraction of sp³-hybridized carbons (Fsp3) is 0.667. The Kier molecular flexibility index (Phi) is 3.81. The minimum absolute atomic E-state index is 0.0858. The molecule has 1 N–H and O–H groups in total. The maximum atomic E-state index is 13.6. The zero-order valence-electron chi connectivity index (χ0n) is 13.0. The van der Waals surface area contributed by atoms with Crippen molar-refractivity contribution in [2.75, 3.05) is 6.54 Å². The third kappa shape index (κ3) is 2.85. The van der Waals surface area contributed by atoms with Crippen molar-refractivity contribution in [3.05, 3.63) is 35.4 Å². The van der Waals surface area contributed by atoms with E-state index in [0.717, 1.165) is 43.9 Å². The van der Waals surface area contributed by atoms with Crippen molar-refractivity contribution in [3.8, 4) is 0 Å². The van der Waals surface area contributed by atoms with Gasteiger partial charge in [-0.2, -0.15) is 0 Å². The maximum absolute atomic E-state index is 13.6. The van der Waals surface area contributed by atoms with Gasteiger partial charge in [-0.05, 0) is 48.8 Å². The van der Waals surface area contributed by atoms with Crippen LogP contribution in [0.2, 0.25) is 0 Å². The van der Waals surface area contributed by atoms with Crippen LogP contribution >= 0.6 is 0 Å². The molecule has 1 aromatic carbocycles. The van der Waals surface area contributed by atoms with Gasteiger partial charge < -0.3 is 5.32 Å². The van der Waals surface area contributed by atoms with Crippen LogP contribution in [0.5, 0.6) is 0 Å². The van der Waals surface area contributed by atoms with Gasteiger partial charge in [0.1, 0.15) is 11.6 Å². The largest absolute Gasteiger partial charge is 0.313 e. The number of hydrogen-bond acceptors (Lipinski definition) is 1. The van der Waals surface area contributed by atoms with Crippen molar-refractivity contribution in [1.82, 2.24) is 5.32 Å². The molecule has 1 nitrogen and oxygen atoms in total. The van der Waals surface area contributed by atoms with Crippen LogP contribution in [0.3, 0.4) is 0 Å². The highest BCUT2D eigenvalue weighted by atomic mass is 19.1. The fourth-order valence-electron chi connectivity index (χ4n) is 4.05. The van der Waals surface area contributed by atoms with Gasteiger partial charge in [0.05, 0.1) is 0 Å². The van der Waals surface area contributed by atoms with Gasteiger partial charge in [-0.1, -0.05) is 26.7 Å². The maximum Gasteiger partial charge on any atom is 0.126 e. The Bertz CT molecular complexity index is 490. The second kappa shape index (κ2) is 5.35. The summed E-state index contributed by atoms with van der Waals surface area (Å²) < 4.78 is 27.3. The second-order valence-corrected chi connectivity index (χ2v) is 7.15. The van der Waals surface area contributed by atoms with E-state index < -0.39 is 11.6 Å². The number of rotatable bonds is 6. The molecule has 0 radical (unpaired) electrons. The molecule has 3 rings (SSSR count). The first-order valence-corrected chi connectivity index (χ1v) is 8.21. The van der Waals surface area contributed by atoms with Crippen molar-refractivity contribution in [1.29, 1.82) is 0 Å². The van der Waals surface area contributed by atoms with Gasteiger partial charge in [0.25, 0.3) is 0 Å². The van der Waals surface area contributed by atoms with Crippen molar-refractivity contribution in [2.45, 2.75) is 63.8 Å². The first-order chi connectivity index (χ1) is 10.0. The van der Waals surface area contributed by atoms with E-state index >= 15 is 0 Å². The molecule has 3 heteroatoms. The van der Waals surface area contributed by atoms with Gasteiger partial charge >= 0.3 is 0 Å². The lowest BCUT2D eigenvalue weighted by atomic mass is 9.48. The van der Waals surface area contributed by atoms with Crippen LogP contribution in [0.25, 0.3) is 0 Å². The zero-order chi connectivity index (χ0) is 15.1. The monoisotopic (exact) mass is 293 g/mol. The Morgan fingerprint density at radius 2 is 1.62 bits per heavy atom. The third-order valence-corrected chi connectivity index (χ3v) is 5.71. The topological polar surface area (TPSA) is 12.0 Å². The summed E-state index contributed by atoms with van der Waals surface area (Å²) in [7, 11) is 0. The molecular formula is C18H25F2N. The quantitative estimate of drug-likeness (QED) is 0.811. The zero-order valence-corrected chi connectivity index (χ0v) is 13.0. The van der Waals surface area contributed by atoms with E-state index in [4.69, 9.17) is 0 Å². The smallest absolute Gasteiger partial charge is 0.126 e. The molecule has 0 bridgehead atoms. The molecule has 0 aromatic heterocycles. The molecule has 0 unspecified atom stereocenters. The summed E-state index contributed by atoms with van der Waals surface area (Å²) in [5, 5.41) is 3.58. The van der Waals surface area contributed by atoms with Crippen molar-refractivity contribution in [3.63, 3.8) is 0 Å². The van der Waals surface area contributed by atoms with E-state index in [9.17, 15) is 8.78 Å². The SMILES string of the molecule is CCC1(CC)CC(CNC2CC2)(c2cc(F)cc(F)c2)C1. The lowest BCUT2D eigenvalue weighted by Gasteiger charge is -2.57. The summed E-state index contributed by atoms with van der Waals surface area (Å²) in [6.07, 6.45) is 6.84. The summed E-state index contributed by atoms with van der Waals surface area (Å²) in [6.45, 7) is 5.31. The van der Waals surface area contributed by atoms with Gasteiger partial charge in [-0.25, -0.2) is 8.78 Å². The Labute approximate surface area is 126 Å². The molecule has 21 heavy (non-hydrogen) atoms. The van der Waals surface area contributed by atoms with Gasteiger partial charge in [-0.15, -0.1) is 0 Å². The van der Waals surface area contributed by atoms with Crippen LogP contribution in [0.1, 0.15) is 57.9 Å². The normalized spacial score (nSPS) is 22.9. The lowest BCUT2D eigenvalue weighted by Crippen LogP contribution is -2.54. The van der Waals surface area contributed by atoms with Gasteiger partial charge in [-0.3, -0.25) is 0 Å². The molecule has 2 aliphatic rings. The highest BCUT2D eigenvalue weighted by Crippen LogP contribution is 2.59. The predicted molar refractivity (Wildman–Crippen MR) is 81.3 cm³/mol. The van der Waals surface area contributed by atoms with E-state index in [0.29, 0.717) is 11.5 Å². The molecule has 1 aromatic rings. The third-order valence-electron chi connectivity index (χ3n) is 5.71. The Hall–Kier alpha value is -0.960. The summed E-state index contributed by atoms with van der Waals surface area (Å²) in [5.41, 5.74) is 1.11. The van der Waals surface area contributed by atoms with Gasteiger partial charge in [0.2, 0.25) is 0 Å². The molecule has 0 saturated heterocycles. The highest BCUT2D eigenvalue weighted by Gasteiger charge is 2.53. The molecule has 0 atom stereocenters. The van der Waals surface area contributed by atoms with E-state index in [-0.39, 0.29) is 5.41 Å². The molecule has 0 spiro atoms. The van der Waals surface area contributed by atoms with Crippen LogP contribution in [-0.2, 0) is 5.41 Å². The molecule has 2 saturated carbocycles. The van der Waals surface area contributed by atoms with E-state index in [2.05, 4.69) is 19.2 Å². The average molecular weight is 293 g/mol. The Balaban J connectivity index is 1.85. The minimum atomic E-state index is -0.457. The molecule has 0 amide bonds. The highest BCUT2D eigenvalue weighted by molar-refractivity contribution is 5.32. The first kappa shape index (κ1) is 15.0. The summed E-state index contributed by atoms with van der Waals surface area (Å²) in [6, 6.07) is 4.66. The standard InChI is InChI=1S/C18H25F2N/c1-3-17(4-2)10-18(11-17,12-21-16-5-6-16)13-7-14(19)9-15(20)8-13/h7-9,16,21H,3-6,10-12H2,1-2H3. The summed E-state index contributed by atoms with van der Waals surface area (Å²) >= 11 is 0. The molecule has 0 aliphatic heterocycles. The number of hydrogen-bond donors (Lipinski definition) is 1. The number of halogens is 2. The van der Waals surface area contributed by atoms with E-state index in [1.165, 1.54) is 25.0 Å². The van der Waals surface area contributed by atoms with Gasteiger partial charge in [0.15, 0.2) is 0 Å². The average Bonchev–Trinajstić information content (AvgIpc) is 3.21. The molecular weight excluding hydrogens is 268 g/mol. The van der Waals surface area contributed by atoms with Gasteiger partial charge in [0, 0.05) is 24.1 Å². The fourth-order valence-corrected chi connectivity index (χ4v) is 4.05. The first-order valence-electron chi connectivity index (χ1n) is 8.21. The van der Waals surface area contributed by atoms with Crippen molar-refractivity contribution < 1.29 is 8.78 Å². The number of nitrogens with one attached hydrogen (secondary N) is 1. The summed E-state index contributed by atoms with van der Waals surface area (Å²) in [4.78, 5) is 0. The predicted octanol–water partition coefficient (Wildman–Crippen LogP) is 4.55. The van der Waals surface area contributed by atoms with Crippen molar-refractivity contribution >= 4 is 0 Å². The molecule has 116 valence electrons. The molecule has 2 fully saturated rings. The number of benzene rings is 1. The Morgan fingerprint density at radius 1 is 1.05 bits per heavy atom. The second-order valence-electron chi connectivity index (χ2n) is 7.15. The van der Waals surface area contributed by atoms with Crippen LogP contribution in [-0.4, -0.2) is 12.6 Å². The van der Waals surface area contributed by atoms with E-state index in [1.54, 1.807) is 0 Å². The van der Waals surface area contributed by atoms with Crippen LogP contribution in [0.15, 0.2) is 18.2 Å². The minimum Gasteiger partial charge on any atom is -0.313 e. The molecule has 0 heterocycles. The summed E-state index contributed by atoms with van der Waals surface area (Å²) in [5.74, 6) is -0.914. The van der Waals surface area contributed by atoms with Crippen molar-refractivity contribution in [2.24, 2.45) is 5.41 Å².